The molecule has 0 saturated carbocycles. The minimum Gasteiger partial charge on any atom is -0.349 e. The van der Waals surface area contributed by atoms with E-state index in [2.05, 4.69) is 31.7 Å². The van der Waals surface area contributed by atoms with Gasteiger partial charge in [-0.1, -0.05) is 58.4 Å². The first-order chi connectivity index (χ1) is 13.5. The smallest absolute Gasteiger partial charge is 0.227 e. The Balaban J connectivity index is 1.68. The number of amides is 2. The lowest BCUT2D eigenvalue weighted by Gasteiger charge is -2.18. The van der Waals surface area contributed by atoms with Gasteiger partial charge in [-0.15, -0.1) is 0 Å². The Morgan fingerprint density at radius 2 is 1.79 bits per heavy atom. The van der Waals surface area contributed by atoms with E-state index in [1.165, 1.54) is 6.92 Å². The predicted octanol–water partition coefficient (Wildman–Crippen LogP) is 3.90. The summed E-state index contributed by atoms with van der Waals surface area (Å²) in [5.74, 6) is 0.240. The van der Waals surface area contributed by atoms with Crippen molar-refractivity contribution in [3.63, 3.8) is 0 Å². The van der Waals surface area contributed by atoms with Crippen LogP contribution < -0.4 is 10.6 Å². The molecule has 2 amide bonds. The largest absolute Gasteiger partial charge is 0.349 e. The van der Waals surface area contributed by atoms with Crippen molar-refractivity contribution < 1.29 is 9.59 Å². The van der Waals surface area contributed by atoms with Crippen LogP contribution in [-0.2, 0) is 16.1 Å². The SMILES string of the molecule is CC(=O)NC(CC(=O)Nc1ccnn1Cc1ccc(Br)cc1)c1ccccc1. The zero-order valence-electron chi connectivity index (χ0n) is 15.4. The maximum absolute atomic E-state index is 12.6. The molecule has 28 heavy (non-hydrogen) atoms. The molecule has 144 valence electrons. The number of aromatic nitrogens is 2. The van der Waals surface area contributed by atoms with Gasteiger partial charge in [0.05, 0.1) is 25.2 Å². The Bertz CT molecular complexity index is 939. The van der Waals surface area contributed by atoms with Gasteiger partial charge in [0.25, 0.3) is 0 Å². The van der Waals surface area contributed by atoms with Gasteiger partial charge in [-0.05, 0) is 23.3 Å². The number of hydrogen-bond donors (Lipinski definition) is 2. The van der Waals surface area contributed by atoms with Gasteiger partial charge >= 0.3 is 0 Å². The van der Waals surface area contributed by atoms with Crippen molar-refractivity contribution in [2.24, 2.45) is 0 Å². The lowest BCUT2D eigenvalue weighted by molar-refractivity contribution is -0.120. The highest BCUT2D eigenvalue weighted by molar-refractivity contribution is 9.10. The van der Waals surface area contributed by atoms with Gasteiger partial charge < -0.3 is 10.6 Å². The molecular formula is C21H21BrN4O2. The zero-order chi connectivity index (χ0) is 19.9. The van der Waals surface area contributed by atoms with E-state index in [9.17, 15) is 9.59 Å². The van der Waals surface area contributed by atoms with Crippen LogP contribution in [0.25, 0.3) is 0 Å². The van der Waals surface area contributed by atoms with E-state index in [4.69, 9.17) is 0 Å². The molecule has 1 heterocycles. The van der Waals surface area contributed by atoms with Crippen LogP contribution in [0.4, 0.5) is 5.82 Å². The standard InChI is InChI=1S/C21H21BrN4O2/c1-15(27)24-19(17-5-3-2-4-6-17)13-21(28)25-20-11-12-23-26(20)14-16-7-9-18(22)10-8-16/h2-12,19H,13-14H2,1H3,(H,24,27)(H,25,28). The number of nitrogens with zero attached hydrogens (tertiary/aromatic N) is 2. The van der Waals surface area contributed by atoms with Gasteiger partial charge in [0, 0.05) is 17.5 Å². The first kappa shape index (κ1) is 19.8. The van der Waals surface area contributed by atoms with Gasteiger partial charge in [0.15, 0.2) is 0 Å². The van der Waals surface area contributed by atoms with Crippen LogP contribution in [0, 0.1) is 0 Å². The second-order valence-electron chi connectivity index (χ2n) is 6.42. The molecule has 0 aliphatic rings. The molecule has 1 atom stereocenters. The van der Waals surface area contributed by atoms with Crippen LogP contribution in [0.15, 0.2) is 71.3 Å². The summed E-state index contributed by atoms with van der Waals surface area (Å²) in [6, 6.07) is 18.8. The lowest BCUT2D eigenvalue weighted by atomic mass is 10.0. The second-order valence-corrected chi connectivity index (χ2v) is 7.33. The molecule has 7 heteroatoms. The molecule has 0 saturated heterocycles. The van der Waals surface area contributed by atoms with E-state index in [-0.39, 0.29) is 24.3 Å². The van der Waals surface area contributed by atoms with E-state index in [1.54, 1.807) is 16.9 Å². The monoisotopic (exact) mass is 440 g/mol. The predicted molar refractivity (Wildman–Crippen MR) is 112 cm³/mol. The summed E-state index contributed by atoms with van der Waals surface area (Å²) in [6.07, 6.45) is 1.78. The van der Waals surface area contributed by atoms with E-state index in [0.717, 1.165) is 15.6 Å². The molecule has 1 aromatic heterocycles. The minimum absolute atomic E-state index is 0.132. The van der Waals surface area contributed by atoms with Crippen molar-refractivity contribution in [2.75, 3.05) is 5.32 Å². The fourth-order valence-electron chi connectivity index (χ4n) is 2.89. The zero-order valence-corrected chi connectivity index (χ0v) is 17.0. The summed E-state index contributed by atoms with van der Waals surface area (Å²) in [5.41, 5.74) is 1.96. The summed E-state index contributed by atoms with van der Waals surface area (Å²) in [6.45, 7) is 1.99. The summed E-state index contributed by atoms with van der Waals surface area (Å²) >= 11 is 3.42. The van der Waals surface area contributed by atoms with Crippen LogP contribution in [0.5, 0.6) is 0 Å². The average molecular weight is 441 g/mol. The van der Waals surface area contributed by atoms with Crippen molar-refractivity contribution in [1.29, 1.82) is 0 Å². The normalized spacial score (nSPS) is 11.6. The van der Waals surface area contributed by atoms with E-state index in [1.807, 2.05) is 54.6 Å². The first-order valence-electron chi connectivity index (χ1n) is 8.89. The molecule has 3 aromatic rings. The quantitative estimate of drug-likeness (QED) is 0.584. The van der Waals surface area contributed by atoms with Crippen LogP contribution in [0.2, 0.25) is 0 Å². The molecule has 0 aliphatic carbocycles. The summed E-state index contributed by atoms with van der Waals surface area (Å²) in [7, 11) is 0. The molecule has 0 aliphatic heterocycles. The van der Waals surface area contributed by atoms with Crippen molar-refractivity contribution in [2.45, 2.75) is 25.9 Å². The number of hydrogen-bond acceptors (Lipinski definition) is 3. The van der Waals surface area contributed by atoms with Crippen LogP contribution in [0.3, 0.4) is 0 Å². The molecule has 6 nitrogen and oxygen atoms in total. The Labute approximate surface area is 172 Å². The molecule has 0 bridgehead atoms. The van der Waals surface area contributed by atoms with Gasteiger partial charge in [-0.3, -0.25) is 9.59 Å². The molecule has 1 unspecified atom stereocenters. The van der Waals surface area contributed by atoms with Crippen molar-refractivity contribution in [3.05, 3.63) is 82.5 Å². The molecule has 2 N–H and O–H groups in total. The highest BCUT2D eigenvalue weighted by Crippen LogP contribution is 2.19. The topological polar surface area (TPSA) is 76.0 Å². The maximum atomic E-state index is 12.6. The number of halogens is 1. The third-order valence-corrected chi connectivity index (χ3v) is 4.73. The Morgan fingerprint density at radius 1 is 1.07 bits per heavy atom. The number of rotatable bonds is 7. The summed E-state index contributed by atoms with van der Waals surface area (Å²) in [5, 5.41) is 10.0. The second kappa shape index (κ2) is 9.32. The average Bonchev–Trinajstić information content (AvgIpc) is 3.10. The maximum Gasteiger partial charge on any atom is 0.227 e. The Kier molecular flexibility index (Phi) is 6.60. The third-order valence-electron chi connectivity index (χ3n) is 4.20. The van der Waals surface area contributed by atoms with Crippen molar-refractivity contribution in [1.82, 2.24) is 15.1 Å². The van der Waals surface area contributed by atoms with Gasteiger partial charge in [-0.25, -0.2) is 4.68 Å². The van der Waals surface area contributed by atoms with Crippen LogP contribution in [-0.4, -0.2) is 21.6 Å². The molecular weight excluding hydrogens is 420 g/mol. The molecule has 3 rings (SSSR count). The number of nitrogens with one attached hydrogen (secondary N) is 2. The first-order valence-corrected chi connectivity index (χ1v) is 9.69. The number of benzene rings is 2. The van der Waals surface area contributed by atoms with E-state index in [0.29, 0.717) is 12.4 Å². The molecule has 2 aromatic carbocycles. The van der Waals surface area contributed by atoms with Crippen molar-refractivity contribution in [3.8, 4) is 0 Å². The molecule has 0 fully saturated rings. The number of carbonyl (C=O) groups excluding carboxylic acids is 2. The van der Waals surface area contributed by atoms with Crippen LogP contribution >= 0.6 is 15.9 Å². The number of anilines is 1. The highest BCUT2D eigenvalue weighted by Gasteiger charge is 2.18. The molecule has 0 radical (unpaired) electrons. The van der Waals surface area contributed by atoms with Gasteiger partial charge in [-0.2, -0.15) is 5.10 Å². The summed E-state index contributed by atoms with van der Waals surface area (Å²) in [4.78, 5) is 24.2. The fourth-order valence-corrected chi connectivity index (χ4v) is 3.15. The van der Waals surface area contributed by atoms with Gasteiger partial charge in [0.2, 0.25) is 11.8 Å². The number of carbonyl (C=O) groups is 2. The highest BCUT2D eigenvalue weighted by atomic mass is 79.9. The third kappa shape index (κ3) is 5.53. The van der Waals surface area contributed by atoms with Gasteiger partial charge in [0.1, 0.15) is 5.82 Å². The van der Waals surface area contributed by atoms with Crippen molar-refractivity contribution >= 4 is 33.6 Å². The Hall–Kier alpha value is -2.93. The summed E-state index contributed by atoms with van der Waals surface area (Å²) < 4.78 is 2.74. The van der Waals surface area contributed by atoms with E-state index < -0.39 is 0 Å². The lowest BCUT2D eigenvalue weighted by Crippen LogP contribution is -2.30. The van der Waals surface area contributed by atoms with E-state index >= 15 is 0 Å². The Morgan fingerprint density at radius 3 is 2.46 bits per heavy atom. The van der Waals surface area contributed by atoms with Crippen LogP contribution in [0.1, 0.15) is 30.5 Å². The minimum atomic E-state index is -0.387. The molecule has 0 spiro atoms. The fraction of sp³-hybridized carbons (Fsp3) is 0.190.